The Bertz CT molecular complexity index is 492. The van der Waals surface area contributed by atoms with Gasteiger partial charge >= 0.3 is 0 Å². The molecule has 1 unspecified atom stereocenters. The zero-order chi connectivity index (χ0) is 10.3. The van der Waals surface area contributed by atoms with Crippen LogP contribution in [0, 0.1) is 0 Å². The smallest absolute Gasteiger partial charge is 0.240 e. The van der Waals surface area contributed by atoms with Gasteiger partial charge in [-0.3, -0.25) is 9.79 Å². The lowest BCUT2D eigenvalue weighted by Gasteiger charge is -2.22. The number of carbonyl (C=O) groups is 1. The maximum atomic E-state index is 11.9. The number of nitrogens with one attached hydrogen (secondary N) is 1. The topological polar surface area (TPSA) is 54.4 Å². The molecule has 0 fully saturated rings. The average molecular weight is 199 g/mol. The Hall–Kier alpha value is -1.97. The molecule has 0 saturated carbocycles. The molecular weight excluding hydrogens is 190 g/mol. The number of rotatable bonds is 0. The van der Waals surface area contributed by atoms with Crippen LogP contribution in [0.15, 0.2) is 35.6 Å². The third kappa shape index (κ3) is 0.986. The summed E-state index contributed by atoms with van der Waals surface area (Å²) in [7, 11) is 0. The van der Waals surface area contributed by atoms with Gasteiger partial charge in [-0.15, -0.1) is 0 Å². The molecule has 2 aliphatic rings. The molecule has 3 heterocycles. The number of aliphatic imine (C=N–C) groups is 1. The third-order valence-corrected chi connectivity index (χ3v) is 2.89. The van der Waals surface area contributed by atoms with Crippen molar-refractivity contribution in [3.8, 4) is 0 Å². The second kappa shape index (κ2) is 2.76. The van der Waals surface area contributed by atoms with E-state index in [2.05, 4.69) is 15.3 Å². The van der Waals surface area contributed by atoms with Crippen molar-refractivity contribution in [2.75, 3.05) is 5.32 Å². The highest BCUT2D eigenvalue weighted by atomic mass is 16.2. The molecule has 4 nitrogen and oxygen atoms in total. The number of nitrogens with zero attached hydrogens (tertiary/aromatic N) is 2. The molecule has 15 heavy (non-hydrogen) atoms. The fourth-order valence-corrected chi connectivity index (χ4v) is 2.07. The molecule has 3 rings (SSSR count). The molecule has 1 atom stereocenters. The van der Waals surface area contributed by atoms with Crippen molar-refractivity contribution in [3.05, 3.63) is 36.2 Å². The van der Waals surface area contributed by atoms with Gasteiger partial charge in [0, 0.05) is 30.6 Å². The maximum Gasteiger partial charge on any atom is 0.240 e. The predicted molar refractivity (Wildman–Crippen MR) is 56.8 cm³/mol. The summed E-state index contributed by atoms with van der Waals surface area (Å²) in [6, 6.07) is 3.78. The van der Waals surface area contributed by atoms with Gasteiger partial charge in [0.2, 0.25) is 5.91 Å². The Morgan fingerprint density at radius 1 is 1.47 bits per heavy atom. The van der Waals surface area contributed by atoms with Crippen LogP contribution >= 0.6 is 0 Å². The quantitative estimate of drug-likeness (QED) is 0.683. The summed E-state index contributed by atoms with van der Waals surface area (Å²) in [4.78, 5) is 20.1. The normalized spacial score (nSPS) is 26.8. The Morgan fingerprint density at radius 3 is 3.20 bits per heavy atom. The Morgan fingerprint density at radius 2 is 2.40 bits per heavy atom. The first-order chi connectivity index (χ1) is 7.33. The van der Waals surface area contributed by atoms with Gasteiger partial charge in [-0.2, -0.15) is 0 Å². The molecule has 1 aromatic rings. The first-order valence-electron chi connectivity index (χ1n) is 4.79. The summed E-state index contributed by atoms with van der Waals surface area (Å²) in [5.41, 5.74) is 0.364. The minimum atomic E-state index is -0.578. The molecule has 0 aliphatic carbocycles. The average Bonchev–Trinajstić information content (AvgIpc) is 2.55. The summed E-state index contributed by atoms with van der Waals surface area (Å²) in [5, 5.41) is 2.79. The van der Waals surface area contributed by atoms with E-state index in [9.17, 15) is 4.79 Å². The SMILES string of the molecule is O=C1Nc2ncccc2C12C=CN=CC2. The molecule has 4 heteroatoms. The molecule has 0 bridgehead atoms. The van der Waals surface area contributed by atoms with Crippen molar-refractivity contribution in [1.29, 1.82) is 0 Å². The van der Waals surface area contributed by atoms with E-state index < -0.39 is 5.41 Å². The van der Waals surface area contributed by atoms with E-state index in [0.29, 0.717) is 12.2 Å². The highest BCUT2D eigenvalue weighted by Crippen LogP contribution is 2.40. The van der Waals surface area contributed by atoms with Crippen LogP contribution < -0.4 is 5.32 Å². The lowest BCUT2D eigenvalue weighted by molar-refractivity contribution is -0.119. The standard InChI is InChI=1S/C11H9N3O/c15-10-11(3-6-12-7-4-11)8-2-1-5-13-9(8)14-10/h1-3,5-7H,4H2,(H,13,14,15). The summed E-state index contributed by atoms with van der Waals surface area (Å²) in [5.74, 6) is 0.654. The molecule has 1 aromatic heterocycles. The third-order valence-electron chi connectivity index (χ3n) is 2.89. The number of fused-ring (bicyclic) bond motifs is 2. The predicted octanol–water partition coefficient (Wildman–Crippen LogP) is 1.26. The van der Waals surface area contributed by atoms with E-state index in [1.807, 2.05) is 18.2 Å². The van der Waals surface area contributed by atoms with Gasteiger partial charge in [0.15, 0.2) is 0 Å². The van der Waals surface area contributed by atoms with Crippen molar-refractivity contribution in [1.82, 2.24) is 4.98 Å². The summed E-state index contributed by atoms with van der Waals surface area (Å²) < 4.78 is 0. The minimum Gasteiger partial charge on any atom is -0.309 e. The van der Waals surface area contributed by atoms with Crippen LogP contribution in [0.2, 0.25) is 0 Å². The highest BCUT2D eigenvalue weighted by molar-refractivity contribution is 6.08. The van der Waals surface area contributed by atoms with E-state index in [1.54, 1.807) is 18.6 Å². The van der Waals surface area contributed by atoms with Crippen LogP contribution in [0.3, 0.4) is 0 Å². The van der Waals surface area contributed by atoms with E-state index in [4.69, 9.17) is 0 Å². The Balaban J connectivity index is 2.21. The lowest BCUT2D eigenvalue weighted by atomic mass is 9.79. The molecule has 2 aliphatic heterocycles. The van der Waals surface area contributed by atoms with Gasteiger partial charge < -0.3 is 5.32 Å². The van der Waals surface area contributed by atoms with E-state index in [0.717, 1.165) is 5.56 Å². The van der Waals surface area contributed by atoms with Crippen LogP contribution in [0.25, 0.3) is 0 Å². The zero-order valence-corrected chi connectivity index (χ0v) is 7.97. The molecule has 1 spiro atoms. The van der Waals surface area contributed by atoms with Gasteiger partial charge in [-0.25, -0.2) is 4.98 Å². The van der Waals surface area contributed by atoms with Crippen LogP contribution in [-0.2, 0) is 10.2 Å². The van der Waals surface area contributed by atoms with E-state index in [-0.39, 0.29) is 5.91 Å². The van der Waals surface area contributed by atoms with Gasteiger partial charge in [0.1, 0.15) is 11.2 Å². The number of pyridine rings is 1. The molecule has 0 radical (unpaired) electrons. The summed E-state index contributed by atoms with van der Waals surface area (Å²) >= 11 is 0. The highest BCUT2D eigenvalue weighted by Gasteiger charge is 2.45. The second-order valence-corrected chi connectivity index (χ2v) is 3.68. The fourth-order valence-electron chi connectivity index (χ4n) is 2.07. The zero-order valence-electron chi connectivity index (χ0n) is 7.97. The van der Waals surface area contributed by atoms with Crippen molar-refractivity contribution in [2.45, 2.75) is 11.8 Å². The Labute approximate surface area is 86.7 Å². The number of hydrogen-bond acceptors (Lipinski definition) is 3. The molecule has 0 aromatic carbocycles. The molecule has 0 saturated heterocycles. The van der Waals surface area contributed by atoms with Gasteiger partial charge in [0.05, 0.1) is 0 Å². The summed E-state index contributed by atoms with van der Waals surface area (Å²) in [6.45, 7) is 0. The first kappa shape index (κ1) is 8.35. The number of amides is 1. The molecule has 1 N–H and O–H groups in total. The van der Waals surface area contributed by atoms with Crippen molar-refractivity contribution in [2.24, 2.45) is 4.99 Å². The van der Waals surface area contributed by atoms with Gasteiger partial charge in [-0.05, 0) is 12.1 Å². The second-order valence-electron chi connectivity index (χ2n) is 3.68. The molecule has 74 valence electrons. The maximum absolute atomic E-state index is 11.9. The largest absolute Gasteiger partial charge is 0.309 e. The van der Waals surface area contributed by atoms with Crippen molar-refractivity contribution < 1.29 is 4.79 Å². The number of carbonyl (C=O) groups excluding carboxylic acids is 1. The van der Waals surface area contributed by atoms with Gasteiger partial charge in [0.25, 0.3) is 0 Å². The number of anilines is 1. The van der Waals surface area contributed by atoms with Crippen LogP contribution in [0.5, 0.6) is 0 Å². The Kier molecular flexibility index (Phi) is 1.54. The molecule has 1 amide bonds. The number of hydrogen-bond donors (Lipinski definition) is 1. The van der Waals surface area contributed by atoms with E-state index in [1.165, 1.54) is 0 Å². The first-order valence-corrected chi connectivity index (χ1v) is 4.79. The van der Waals surface area contributed by atoms with Crippen LogP contribution in [0.1, 0.15) is 12.0 Å². The lowest BCUT2D eigenvalue weighted by Crippen LogP contribution is -2.33. The van der Waals surface area contributed by atoms with Crippen molar-refractivity contribution >= 4 is 17.9 Å². The van der Waals surface area contributed by atoms with Crippen molar-refractivity contribution in [3.63, 3.8) is 0 Å². The minimum absolute atomic E-state index is 0.0152. The van der Waals surface area contributed by atoms with Crippen LogP contribution in [-0.4, -0.2) is 17.1 Å². The monoisotopic (exact) mass is 199 g/mol. The van der Waals surface area contributed by atoms with Gasteiger partial charge in [-0.1, -0.05) is 6.07 Å². The number of aromatic nitrogens is 1. The molecular formula is C11H9N3O. The van der Waals surface area contributed by atoms with Crippen LogP contribution in [0.4, 0.5) is 5.82 Å². The summed E-state index contributed by atoms with van der Waals surface area (Å²) in [6.07, 6.45) is 7.56. The van der Waals surface area contributed by atoms with E-state index >= 15 is 0 Å². The fraction of sp³-hybridized carbons (Fsp3) is 0.182.